The van der Waals surface area contributed by atoms with E-state index in [0.717, 1.165) is 34.5 Å². The number of imidazole rings is 1. The number of aromatic nitrogens is 5. The van der Waals surface area contributed by atoms with Crippen molar-refractivity contribution in [1.29, 1.82) is 0 Å². The van der Waals surface area contributed by atoms with Gasteiger partial charge in [0.2, 0.25) is 0 Å². The molecule has 0 spiro atoms. The lowest BCUT2D eigenvalue weighted by Crippen LogP contribution is -2.11. The van der Waals surface area contributed by atoms with E-state index < -0.39 is 0 Å². The van der Waals surface area contributed by atoms with E-state index in [4.69, 9.17) is 21.3 Å². The number of fused-ring (bicyclic) bond motifs is 1. The lowest BCUT2D eigenvalue weighted by molar-refractivity contribution is 0.187. The number of nitrogens with zero attached hydrogens (tertiary/aromatic N) is 5. The number of rotatable bonds is 2. The zero-order valence-electron chi connectivity index (χ0n) is 12.3. The summed E-state index contributed by atoms with van der Waals surface area (Å²) in [7, 11) is 0. The maximum Gasteiger partial charge on any atom is 0.165 e. The molecule has 4 rings (SSSR count). The summed E-state index contributed by atoms with van der Waals surface area (Å²) in [6.07, 6.45) is 4.43. The molecule has 0 bridgehead atoms. The Labute approximate surface area is 146 Å². The monoisotopic (exact) mass is 393 g/mol. The molecule has 1 fully saturated rings. The molecule has 23 heavy (non-hydrogen) atoms. The number of ether oxygens (including phenoxy) is 1. The molecule has 1 saturated heterocycles. The Balaban J connectivity index is 2.05. The van der Waals surface area contributed by atoms with E-state index >= 15 is 0 Å². The van der Waals surface area contributed by atoms with Crippen LogP contribution in [0, 0.1) is 6.92 Å². The second-order valence-electron chi connectivity index (χ2n) is 5.41. The molecule has 3 aromatic heterocycles. The van der Waals surface area contributed by atoms with Crippen LogP contribution in [0.25, 0.3) is 22.6 Å². The molecule has 8 heteroatoms. The SMILES string of the molecule is Cc1nc(Cl)c2nc(-c3cnccc3Br)n([C@@H]3CCOC3)c2n1. The van der Waals surface area contributed by atoms with Crippen LogP contribution in [-0.4, -0.2) is 37.7 Å². The normalized spacial score (nSPS) is 18.0. The van der Waals surface area contributed by atoms with Crippen LogP contribution in [0.1, 0.15) is 18.3 Å². The Hall–Kier alpha value is -1.57. The first-order chi connectivity index (χ1) is 11.1. The summed E-state index contributed by atoms with van der Waals surface area (Å²) in [6.45, 7) is 3.19. The molecule has 0 saturated carbocycles. The fourth-order valence-corrected chi connectivity index (χ4v) is 3.49. The van der Waals surface area contributed by atoms with Crippen LogP contribution >= 0.6 is 27.5 Å². The van der Waals surface area contributed by atoms with Crippen molar-refractivity contribution in [3.63, 3.8) is 0 Å². The predicted molar refractivity (Wildman–Crippen MR) is 90.5 cm³/mol. The van der Waals surface area contributed by atoms with Gasteiger partial charge in [0.05, 0.1) is 18.2 Å². The van der Waals surface area contributed by atoms with Crippen molar-refractivity contribution in [2.75, 3.05) is 13.2 Å². The van der Waals surface area contributed by atoms with Crippen LogP contribution in [0.2, 0.25) is 5.15 Å². The lowest BCUT2D eigenvalue weighted by atomic mass is 10.2. The van der Waals surface area contributed by atoms with Crippen molar-refractivity contribution in [3.8, 4) is 11.4 Å². The summed E-state index contributed by atoms with van der Waals surface area (Å²) < 4.78 is 8.58. The average molecular weight is 395 g/mol. The molecule has 0 aliphatic carbocycles. The van der Waals surface area contributed by atoms with Crippen molar-refractivity contribution in [1.82, 2.24) is 24.5 Å². The maximum absolute atomic E-state index is 6.30. The largest absolute Gasteiger partial charge is 0.379 e. The van der Waals surface area contributed by atoms with Crippen LogP contribution in [0.4, 0.5) is 0 Å². The Morgan fingerprint density at radius 3 is 2.96 bits per heavy atom. The summed E-state index contributed by atoms with van der Waals surface area (Å²) in [4.78, 5) is 17.7. The molecular formula is C15H13BrClN5O. The van der Waals surface area contributed by atoms with Crippen LogP contribution < -0.4 is 0 Å². The Morgan fingerprint density at radius 2 is 2.22 bits per heavy atom. The predicted octanol–water partition coefficient (Wildman–Crippen LogP) is 3.57. The minimum atomic E-state index is 0.174. The Kier molecular flexibility index (Phi) is 3.79. The van der Waals surface area contributed by atoms with Crippen LogP contribution in [0.15, 0.2) is 22.9 Å². The Bertz CT molecular complexity index is 891. The zero-order chi connectivity index (χ0) is 16.0. The third-order valence-electron chi connectivity index (χ3n) is 3.89. The van der Waals surface area contributed by atoms with Crippen LogP contribution in [0.3, 0.4) is 0 Å². The number of pyridine rings is 1. The van der Waals surface area contributed by atoms with Gasteiger partial charge in [0, 0.05) is 23.5 Å². The van der Waals surface area contributed by atoms with Crippen molar-refractivity contribution in [2.24, 2.45) is 0 Å². The highest BCUT2D eigenvalue weighted by molar-refractivity contribution is 9.10. The standard InChI is InChI=1S/C15H13BrClN5O/c1-8-19-13(17)12-15(20-8)22(9-3-5-23-7-9)14(21-12)10-6-18-4-2-11(10)16/h2,4,6,9H,3,5,7H2,1H3/t9-/m1/s1. The maximum atomic E-state index is 6.30. The highest BCUT2D eigenvalue weighted by Crippen LogP contribution is 2.35. The summed E-state index contributed by atoms with van der Waals surface area (Å²) in [5.41, 5.74) is 2.24. The molecule has 0 aromatic carbocycles. The van der Waals surface area contributed by atoms with Crippen molar-refractivity contribution in [3.05, 3.63) is 33.9 Å². The first-order valence-corrected chi connectivity index (χ1v) is 8.42. The molecular weight excluding hydrogens is 382 g/mol. The minimum Gasteiger partial charge on any atom is -0.379 e. The van der Waals surface area contributed by atoms with Gasteiger partial charge in [-0.15, -0.1) is 0 Å². The van der Waals surface area contributed by atoms with E-state index in [0.29, 0.717) is 23.1 Å². The van der Waals surface area contributed by atoms with Gasteiger partial charge in [0.15, 0.2) is 10.8 Å². The van der Waals surface area contributed by atoms with E-state index in [2.05, 4.69) is 35.4 Å². The van der Waals surface area contributed by atoms with Gasteiger partial charge >= 0.3 is 0 Å². The smallest absolute Gasteiger partial charge is 0.165 e. The van der Waals surface area contributed by atoms with Gasteiger partial charge in [0.1, 0.15) is 17.2 Å². The number of hydrogen-bond donors (Lipinski definition) is 0. The molecule has 0 unspecified atom stereocenters. The van der Waals surface area contributed by atoms with Crippen LogP contribution in [-0.2, 0) is 4.74 Å². The van der Waals surface area contributed by atoms with Crippen molar-refractivity contribution in [2.45, 2.75) is 19.4 Å². The van der Waals surface area contributed by atoms with Gasteiger partial charge in [-0.25, -0.2) is 15.0 Å². The van der Waals surface area contributed by atoms with Gasteiger partial charge in [-0.05, 0) is 35.3 Å². The second kappa shape index (κ2) is 5.81. The van der Waals surface area contributed by atoms with Gasteiger partial charge in [-0.3, -0.25) is 4.98 Å². The first-order valence-electron chi connectivity index (χ1n) is 7.25. The van der Waals surface area contributed by atoms with E-state index in [1.807, 2.05) is 13.0 Å². The van der Waals surface area contributed by atoms with Crippen molar-refractivity contribution >= 4 is 38.7 Å². The number of aryl methyl sites for hydroxylation is 1. The molecule has 4 heterocycles. The molecule has 3 aromatic rings. The number of halogens is 2. The topological polar surface area (TPSA) is 65.7 Å². The fourth-order valence-electron chi connectivity index (χ4n) is 2.85. The van der Waals surface area contributed by atoms with E-state index in [-0.39, 0.29) is 6.04 Å². The highest BCUT2D eigenvalue weighted by Gasteiger charge is 2.27. The van der Waals surface area contributed by atoms with Gasteiger partial charge in [-0.2, -0.15) is 0 Å². The van der Waals surface area contributed by atoms with Gasteiger partial charge < -0.3 is 9.30 Å². The minimum absolute atomic E-state index is 0.174. The molecule has 0 radical (unpaired) electrons. The molecule has 0 amide bonds. The average Bonchev–Trinajstić information content (AvgIpc) is 3.14. The summed E-state index contributed by atoms with van der Waals surface area (Å²) in [6, 6.07) is 2.07. The zero-order valence-corrected chi connectivity index (χ0v) is 14.7. The summed E-state index contributed by atoms with van der Waals surface area (Å²) in [5, 5.41) is 0.367. The van der Waals surface area contributed by atoms with Gasteiger partial charge in [0.25, 0.3) is 0 Å². The van der Waals surface area contributed by atoms with E-state index in [1.54, 1.807) is 12.4 Å². The molecule has 1 aliphatic heterocycles. The van der Waals surface area contributed by atoms with E-state index in [1.165, 1.54) is 0 Å². The Morgan fingerprint density at radius 1 is 1.35 bits per heavy atom. The van der Waals surface area contributed by atoms with Crippen molar-refractivity contribution < 1.29 is 4.74 Å². The summed E-state index contributed by atoms with van der Waals surface area (Å²) in [5.74, 6) is 1.40. The van der Waals surface area contributed by atoms with Crippen LogP contribution in [0.5, 0.6) is 0 Å². The van der Waals surface area contributed by atoms with E-state index in [9.17, 15) is 0 Å². The molecule has 1 aliphatic rings. The molecule has 6 nitrogen and oxygen atoms in total. The molecule has 0 N–H and O–H groups in total. The number of hydrogen-bond acceptors (Lipinski definition) is 5. The highest BCUT2D eigenvalue weighted by atomic mass is 79.9. The third kappa shape index (κ3) is 2.52. The summed E-state index contributed by atoms with van der Waals surface area (Å²) >= 11 is 9.87. The fraction of sp³-hybridized carbons (Fsp3) is 0.333. The first kappa shape index (κ1) is 15.0. The second-order valence-corrected chi connectivity index (χ2v) is 6.62. The third-order valence-corrected chi connectivity index (χ3v) is 4.84. The molecule has 118 valence electrons. The quantitative estimate of drug-likeness (QED) is 0.622. The molecule has 1 atom stereocenters. The van der Waals surface area contributed by atoms with Gasteiger partial charge in [-0.1, -0.05) is 11.6 Å². The lowest BCUT2D eigenvalue weighted by Gasteiger charge is -2.15.